The van der Waals surface area contributed by atoms with E-state index in [4.69, 9.17) is 5.11 Å². The number of hydrogen-bond donors (Lipinski definition) is 1. The molecule has 1 N–H and O–H groups in total. The molecule has 1 heterocycles. The molecule has 0 spiro atoms. The summed E-state index contributed by atoms with van der Waals surface area (Å²) in [4.78, 5) is 0.754. The molecule has 1 aliphatic heterocycles. The Morgan fingerprint density at radius 1 is 1.33 bits per heavy atom. The first kappa shape index (κ1) is 10.4. The average molecular weight is 224 g/mol. The number of hydrogen-bond acceptors (Lipinski definition) is 3. The number of allylic oxidation sites excluding steroid dienone is 1. The maximum absolute atomic E-state index is 11.8. The van der Waals surface area contributed by atoms with Gasteiger partial charge in [-0.25, -0.2) is 8.42 Å². The van der Waals surface area contributed by atoms with Crippen molar-refractivity contribution in [1.82, 2.24) is 0 Å². The molecule has 0 aliphatic carbocycles. The summed E-state index contributed by atoms with van der Waals surface area (Å²) in [6, 6.07) is 5.28. The molecule has 0 unspecified atom stereocenters. The average Bonchev–Trinajstić information content (AvgIpc) is 2.40. The lowest BCUT2D eigenvalue weighted by atomic mass is 10.1. The smallest absolute Gasteiger partial charge is 0.203 e. The monoisotopic (exact) mass is 224 g/mol. The van der Waals surface area contributed by atoms with Gasteiger partial charge in [0.2, 0.25) is 9.84 Å². The highest BCUT2D eigenvalue weighted by atomic mass is 32.2. The number of aliphatic hydroxyl groups excluding tert-OH is 1. The van der Waals surface area contributed by atoms with Crippen molar-refractivity contribution >= 4 is 15.9 Å². The van der Waals surface area contributed by atoms with Gasteiger partial charge in [0, 0.05) is 11.5 Å². The van der Waals surface area contributed by atoms with Gasteiger partial charge in [0.15, 0.2) is 0 Å². The van der Waals surface area contributed by atoms with Crippen LogP contribution < -0.4 is 0 Å². The summed E-state index contributed by atoms with van der Waals surface area (Å²) in [6.07, 6.45) is 2.16. The van der Waals surface area contributed by atoms with Crippen molar-refractivity contribution in [3.05, 3.63) is 34.2 Å². The quantitative estimate of drug-likeness (QED) is 0.825. The molecule has 0 amide bonds. The van der Waals surface area contributed by atoms with E-state index in [1.54, 1.807) is 25.1 Å². The normalized spacial score (nSPS) is 17.3. The van der Waals surface area contributed by atoms with E-state index in [-0.39, 0.29) is 6.61 Å². The van der Waals surface area contributed by atoms with E-state index in [1.165, 1.54) is 0 Å². The van der Waals surface area contributed by atoms with E-state index in [2.05, 4.69) is 0 Å². The van der Waals surface area contributed by atoms with Gasteiger partial charge in [-0.05, 0) is 36.6 Å². The fourth-order valence-corrected chi connectivity index (χ4v) is 3.06. The molecule has 1 aromatic rings. The molecule has 0 radical (unpaired) electrons. The van der Waals surface area contributed by atoms with Crippen LogP contribution in [0.1, 0.15) is 18.1 Å². The van der Waals surface area contributed by atoms with Crippen LogP contribution in [0.25, 0.3) is 6.08 Å². The topological polar surface area (TPSA) is 54.4 Å². The van der Waals surface area contributed by atoms with Crippen molar-refractivity contribution in [3.8, 4) is 0 Å². The number of rotatable bonds is 2. The summed E-state index contributed by atoms with van der Waals surface area (Å²) >= 11 is 0. The third-order valence-electron chi connectivity index (χ3n) is 2.55. The van der Waals surface area contributed by atoms with Crippen LogP contribution in [0.4, 0.5) is 0 Å². The molecule has 0 atom stereocenters. The van der Waals surface area contributed by atoms with E-state index in [0.29, 0.717) is 16.2 Å². The number of aliphatic hydroxyl groups is 1. The van der Waals surface area contributed by atoms with Crippen molar-refractivity contribution in [2.24, 2.45) is 0 Å². The Bertz CT molecular complexity index is 527. The van der Waals surface area contributed by atoms with Gasteiger partial charge in [-0.2, -0.15) is 0 Å². The highest BCUT2D eigenvalue weighted by Gasteiger charge is 2.26. The second-order valence-electron chi connectivity index (χ2n) is 3.60. The van der Waals surface area contributed by atoms with Gasteiger partial charge >= 0.3 is 0 Å². The fourth-order valence-electron chi connectivity index (χ4n) is 1.69. The Morgan fingerprint density at radius 3 is 2.73 bits per heavy atom. The largest absolute Gasteiger partial charge is 0.396 e. The Kier molecular flexibility index (Phi) is 2.40. The first-order valence-electron chi connectivity index (χ1n) is 4.73. The summed E-state index contributed by atoms with van der Waals surface area (Å²) < 4.78 is 23.6. The molecule has 1 aliphatic rings. The van der Waals surface area contributed by atoms with Crippen LogP contribution in [-0.2, 0) is 16.3 Å². The lowest BCUT2D eigenvalue weighted by Crippen LogP contribution is -2.00. The Morgan fingerprint density at radius 2 is 2.07 bits per heavy atom. The van der Waals surface area contributed by atoms with Gasteiger partial charge in [0.05, 0.1) is 4.90 Å². The number of fused-ring (bicyclic) bond motifs is 1. The molecule has 3 nitrogen and oxygen atoms in total. The molecule has 1 aromatic carbocycles. The molecular weight excluding hydrogens is 212 g/mol. The molecule has 0 aromatic heterocycles. The minimum absolute atomic E-state index is 0.0330. The van der Waals surface area contributed by atoms with E-state index in [1.807, 2.05) is 6.07 Å². The zero-order chi connectivity index (χ0) is 11.1. The third kappa shape index (κ3) is 1.60. The standard InChI is InChI=1S/C11H12O3S/c1-8-6-10-3-2-9(4-5-12)7-11(10)15(8,13)14/h2-3,6-7,12H,4-5H2,1H3. The second-order valence-corrected chi connectivity index (χ2v) is 5.69. The minimum Gasteiger partial charge on any atom is -0.396 e. The highest BCUT2D eigenvalue weighted by molar-refractivity contribution is 7.95. The number of benzene rings is 1. The predicted octanol–water partition coefficient (Wildman–Crippen LogP) is 1.37. The lowest BCUT2D eigenvalue weighted by molar-refractivity contribution is 0.299. The van der Waals surface area contributed by atoms with Gasteiger partial charge in [0.25, 0.3) is 0 Å². The predicted molar refractivity (Wildman–Crippen MR) is 58.1 cm³/mol. The summed E-state index contributed by atoms with van der Waals surface area (Å²) in [7, 11) is -3.25. The van der Waals surface area contributed by atoms with Crippen molar-refractivity contribution in [2.75, 3.05) is 6.61 Å². The molecule has 0 saturated carbocycles. The Hall–Kier alpha value is -1.13. The van der Waals surface area contributed by atoms with Crippen LogP contribution in [-0.4, -0.2) is 20.1 Å². The molecule has 15 heavy (non-hydrogen) atoms. The molecular formula is C11H12O3S. The van der Waals surface area contributed by atoms with Crippen molar-refractivity contribution in [2.45, 2.75) is 18.2 Å². The molecule has 4 heteroatoms. The van der Waals surface area contributed by atoms with Gasteiger partial charge in [-0.15, -0.1) is 0 Å². The summed E-state index contributed by atoms with van der Waals surface area (Å²) in [6.45, 7) is 1.63. The molecule has 0 bridgehead atoms. The maximum atomic E-state index is 11.8. The Labute approximate surface area is 89.0 Å². The van der Waals surface area contributed by atoms with Crippen LogP contribution >= 0.6 is 0 Å². The van der Waals surface area contributed by atoms with Crippen molar-refractivity contribution in [3.63, 3.8) is 0 Å². The Balaban J connectivity index is 2.56. The van der Waals surface area contributed by atoms with E-state index in [9.17, 15) is 8.42 Å². The van der Waals surface area contributed by atoms with E-state index in [0.717, 1.165) is 11.1 Å². The summed E-state index contributed by atoms with van der Waals surface area (Å²) in [5.74, 6) is 0. The van der Waals surface area contributed by atoms with Gasteiger partial charge in [-0.1, -0.05) is 12.1 Å². The zero-order valence-corrected chi connectivity index (χ0v) is 9.21. The third-order valence-corrected chi connectivity index (χ3v) is 4.45. The van der Waals surface area contributed by atoms with E-state index >= 15 is 0 Å². The second kappa shape index (κ2) is 3.47. The zero-order valence-electron chi connectivity index (χ0n) is 8.40. The summed E-state index contributed by atoms with van der Waals surface area (Å²) in [5, 5.41) is 8.79. The van der Waals surface area contributed by atoms with Gasteiger partial charge in [0.1, 0.15) is 0 Å². The van der Waals surface area contributed by atoms with Crippen LogP contribution in [0.2, 0.25) is 0 Å². The first-order valence-corrected chi connectivity index (χ1v) is 6.21. The fraction of sp³-hybridized carbons (Fsp3) is 0.273. The molecule has 0 saturated heterocycles. The molecule has 0 fully saturated rings. The highest BCUT2D eigenvalue weighted by Crippen LogP contribution is 2.32. The maximum Gasteiger partial charge on any atom is 0.203 e. The van der Waals surface area contributed by atoms with Crippen LogP contribution in [0.5, 0.6) is 0 Å². The minimum atomic E-state index is -3.25. The van der Waals surface area contributed by atoms with Crippen LogP contribution in [0.15, 0.2) is 28.0 Å². The number of sulfone groups is 1. The SMILES string of the molecule is CC1=Cc2ccc(CCO)cc2S1(=O)=O. The van der Waals surface area contributed by atoms with Crippen molar-refractivity contribution < 1.29 is 13.5 Å². The van der Waals surface area contributed by atoms with Crippen LogP contribution in [0.3, 0.4) is 0 Å². The summed E-state index contributed by atoms with van der Waals surface area (Å²) in [5.41, 5.74) is 1.59. The first-order chi connectivity index (χ1) is 7.05. The van der Waals surface area contributed by atoms with E-state index < -0.39 is 9.84 Å². The molecule has 2 rings (SSSR count). The van der Waals surface area contributed by atoms with Crippen molar-refractivity contribution in [1.29, 1.82) is 0 Å². The lowest BCUT2D eigenvalue weighted by Gasteiger charge is -2.03. The van der Waals surface area contributed by atoms with Gasteiger partial charge in [-0.3, -0.25) is 0 Å². The molecule has 80 valence electrons. The van der Waals surface area contributed by atoms with Gasteiger partial charge < -0.3 is 5.11 Å². The van der Waals surface area contributed by atoms with Crippen LogP contribution in [0, 0.1) is 0 Å².